The molecule has 0 aromatic rings. The second-order valence-corrected chi connectivity index (χ2v) is 29.3. The Hall–Kier alpha value is -0.106. The molecule has 1 N–H and O–H groups in total. The summed E-state index contributed by atoms with van der Waals surface area (Å²) in [4.78, 5) is 0. The first kappa shape index (κ1) is 16.9. The van der Waals surface area contributed by atoms with Crippen molar-refractivity contribution in [2.45, 2.75) is 39.0 Å². The number of nitrogens with one attached hydrogen (secondary N) is 1. The molecule has 1 aliphatic carbocycles. The van der Waals surface area contributed by atoms with Crippen LogP contribution in [0, 0.1) is 0 Å². The zero-order valence-corrected chi connectivity index (χ0v) is 14.2. The van der Waals surface area contributed by atoms with Crippen LogP contribution in [0.1, 0.15) is 12.8 Å². The number of rotatable bonds is 4. The van der Waals surface area contributed by atoms with Crippen LogP contribution in [-0.4, -0.2) is 13.6 Å². The van der Waals surface area contributed by atoms with Gasteiger partial charge in [-0.2, -0.15) is 0 Å². The van der Waals surface area contributed by atoms with Crippen LogP contribution in [0.3, 0.4) is 0 Å². The zero-order valence-electron chi connectivity index (χ0n) is 12.6. The molecule has 0 saturated heterocycles. The summed E-state index contributed by atoms with van der Waals surface area (Å²) in [5.41, 5.74) is 0. The number of allylic oxidation sites excluding steroid dienone is 4. The van der Waals surface area contributed by atoms with Crippen LogP contribution < -0.4 is 5.32 Å². The molecule has 0 heterocycles. The van der Waals surface area contributed by atoms with E-state index in [0.717, 1.165) is 13.0 Å². The Labute approximate surface area is 106 Å². The molecule has 0 saturated carbocycles. The van der Waals surface area contributed by atoms with Crippen LogP contribution in [0.4, 0.5) is 0 Å². The fourth-order valence-electron chi connectivity index (χ4n) is 1.62. The molecule has 17 heavy (non-hydrogen) atoms. The summed E-state index contributed by atoms with van der Waals surface area (Å²) < 4.78 is 1.70. The summed E-state index contributed by atoms with van der Waals surface area (Å²) in [5.74, 6) is 0. The molecule has 1 rings (SSSR count). The maximum atomic E-state index is 3.56. The van der Waals surface area contributed by atoms with Crippen molar-refractivity contribution in [2.24, 2.45) is 0 Å². The second kappa shape index (κ2) is 5.26. The molecule has 0 bridgehead atoms. The average Bonchev–Trinajstić information content (AvgIpc) is 2.65. The molecule has 0 unspecified atom stereocenters. The third-order valence-corrected chi connectivity index (χ3v) is 8.57. The van der Waals surface area contributed by atoms with Gasteiger partial charge in [0.15, 0.2) is 0 Å². The molecule has 100 valence electrons. The summed E-state index contributed by atoms with van der Waals surface area (Å²) in [6.07, 6.45) is 10.9. The Morgan fingerprint density at radius 3 is 2.06 bits per heavy atom. The first-order valence-corrected chi connectivity index (χ1v) is 15.2. The van der Waals surface area contributed by atoms with Gasteiger partial charge in [0.2, 0.25) is 0 Å². The van der Waals surface area contributed by atoms with E-state index < -0.39 is 14.0 Å². The first-order chi connectivity index (χ1) is 7.51. The predicted octanol–water partition coefficient (Wildman–Crippen LogP) is 5.08. The third kappa shape index (κ3) is 7.75. The molecule has 0 aliphatic heterocycles. The minimum atomic E-state index is -2.61. The van der Waals surface area contributed by atoms with Crippen LogP contribution in [0.15, 0.2) is 34.8 Å². The Bertz CT molecular complexity index is 313. The molecule has 1 aliphatic rings. The van der Waals surface area contributed by atoms with Crippen molar-refractivity contribution < 1.29 is 14.0 Å². The van der Waals surface area contributed by atoms with Gasteiger partial charge < -0.3 is 5.32 Å². The van der Waals surface area contributed by atoms with Crippen molar-refractivity contribution in [2.75, 3.05) is 13.6 Å². The van der Waals surface area contributed by atoms with Gasteiger partial charge in [0.1, 0.15) is 0 Å². The van der Waals surface area contributed by atoms with Crippen molar-refractivity contribution >= 4 is 0 Å². The van der Waals surface area contributed by atoms with Gasteiger partial charge >= 0.3 is 68.7 Å². The van der Waals surface area contributed by atoms with Crippen LogP contribution in [0.25, 0.3) is 0 Å². The molecular formula is C15H31NTi. The minimum absolute atomic E-state index is 1.05. The van der Waals surface area contributed by atoms with Crippen LogP contribution in [0.5, 0.6) is 0 Å². The van der Waals surface area contributed by atoms with Gasteiger partial charge in [-0.05, 0) is 20.0 Å². The Morgan fingerprint density at radius 2 is 1.88 bits per heavy atom. The van der Waals surface area contributed by atoms with Gasteiger partial charge in [-0.25, -0.2) is 0 Å². The SMILES string of the molecule is C=CCCNC.[CH3][Ti]([CH3])([CH3])([CH3])([CH3])[C]1=CC=CC1. The van der Waals surface area contributed by atoms with Crippen LogP contribution in [-0.2, 0) is 14.0 Å². The molecule has 0 radical (unpaired) electrons. The normalized spacial score (nSPS) is 18.6. The van der Waals surface area contributed by atoms with Crippen molar-refractivity contribution in [1.29, 1.82) is 0 Å². The van der Waals surface area contributed by atoms with E-state index in [1.54, 1.807) is 3.88 Å². The van der Waals surface area contributed by atoms with Gasteiger partial charge in [0, 0.05) is 0 Å². The van der Waals surface area contributed by atoms with E-state index in [-0.39, 0.29) is 0 Å². The van der Waals surface area contributed by atoms with E-state index in [1.807, 2.05) is 13.1 Å². The molecular weight excluding hydrogens is 242 g/mol. The summed E-state index contributed by atoms with van der Waals surface area (Å²) in [5, 5.41) is 15.4. The van der Waals surface area contributed by atoms with E-state index in [9.17, 15) is 0 Å². The van der Waals surface area contributed by atoms with E-state index in [4.69, 9.17) is 0 Å². The maximum absolute atomic E-state index is 3.56. The number of hydrogen-bond acceptors (Lipinski definition) is 1. The zero-order chi connectivity index (χ0) is 13.6. The second-order valence-electron chi connectivity index (χ2n) is 8.76. The van der Waals surface area contributed by atoms with Crippen molar-refractivity contribution in [3.63, 3.8) is 0 Å². The number of hydrogen-bond donors (Lipinski definition) is 1. The Balaban J connectivity index is 0.000000366. The van der Waals surface area contributed by atoms with E-state index >= 15 is 0 Å². The molecule has 2 heteroatoms. The summed E-state index contributed by atoms with van der Waals surface area (Å²) in [6.45, 7) is 4.60. The van der Waals surface area contributed by atoms with Gasteiger partial charge in [-0.15, -0.1) is 6.58 Å². The first-order valence-electron chi connectivity index (χ1n) is 6.64. The molecule has 0 aromatic heterocycles. The summed E-state index contributed by atoms with van der Waals surface area (Å²) >= 11 is -2.61. The average molecular weight is 273 g/mol. The van der Waals surface area contributed by atoms with E-state index in [0.29, 0.717) is 0 Å². The van der Waals surface area contributed by atoms with E-state index in [2.05, 4.69) is 56.3 Å². The van der Waals surface area contributed by atoms with Crippen molar-refractivity contribution in [1.82, 2.24) is 5.32 Å². The van der Waals surface area contributed by atoms with E-state index in [1.165, 1.54) is 6.42 Å². The predicted molar refractivity (Wildman–Crippen MR) is 79.9 cm³/mol. The molecule has 0 aromatic carbocycles. The summed E-state index contributed by atoms with van der Waals surface area (Å²) in [6, 6.07) is 0. The van der Waals surface area contributed by atoms with Gasteiger partial charge in [0.05, 0.1) is 0 Å². The van der Waals surface area contributed by atoms with Crippen LogP contribution in [0.2, 0.25) is 26.1 Å². The molecule has 0 amide bonds. The van der Waals surface area contributed by atoms with Gasteiger partial charge in [-0.3, -0.25) is 0 Å². The monoisotopic (exact) mass is 273 g/mol. The standard InChI is InChI=1S/C5H11N.C5H5.5CH3.Ti/c1-3-4-5-6-2;1-2-4-5-3-1;;;;;;/h3,6H,1,4-5H2,2H3;1-3H,4H2;5*1H3;. The molecule has 1 nitrogen and oxygen atoms in total. The summed E-state index contributed by atoms with van der Waals surface area (Å²) in [7, 11) is 1.93. The van der Waals surface area contributed by atoms with Gasteiger partial charge in [-0.1, -0.05) is 6.08 Å². The van der Waals surface area contributed by atoms with Crippen molar-refractivity contribution in [3.05, 3.63) is 34.8 Å². The Morgan fingerprint density at radius 1 is 1.29 bits per heavy atom. The quantitative estimate of drug-likeness (QED) is 0.428. The molecule has 0 spiro atoms. The fraction of sp³-hybridized carbons (Fsp3) is 0.600. The third-order valence-electron chi connectivity index (χ3n) is 2.98. The topological polar surface area (TPSA) is 12.0 Å². The van der Waals surface area contributed by atoms with Gasteiger partial charge in [0.25, 0.3) is 0 Å². The Kier molecular flexibility index (Phi) is 5.23. The molecule has 0 atom stereocenters. The fourth-order valence-corrected chi connectivity index (χ4v) is 4.85. The van der Waals surface area contributed by atoms with Crippen LogP contribution >= 0.6 is 0 Å². The molecule has 0 fully saturated rings. The van der Waals surface area contributed by atoms with Crippen molar-refractivity contribution in [3.8, 4) is 0 Å².